The summed E-state index contributed by atoms with van der Waals surface area (Å²) in [5.41, 5.74) is 19.0. The molecule has 11 rings (SSSR count). The lowest BCUT2D eigenvalue weighted by Crippen LogP contribution is -2.26. The van der Waals surface area contributed by atoms with Crippen LogP contribution in [0.1, 0.15) is 49.9 Å². The molecule has 1 nitrogen and oxygen atoms in total. The zero-order valence-corrected chi connectivity index (χ0v) is 32.9. The second-order valence-corrected chi connectivity index (χ2v) is 17.5. The van der Waals surface area contributed by atoms with Crippen molar-refractivity contribution in [2.45, 2.75) is 38.5 Å². The van der Waals surface area contributed by atoms with Gasteiger partial charge in [-0.1, -0.05) is 167 Å². The van der Waals surface area contributed by atoms with Gasteiger partial charge in [0.15, 0.2) is 0 Å². The molecule has 0 atom stereocenters. The summed E-state index contributed by atoms with van der Waals surface area (Å²) in [5, 5.41) is 2.67. The molecule has 268 valence electrons. The average molecular weight is 736 g/mol. The maximum atomic E-state index is 2.55. The molecule has 0 N–H and O–H groups in total. The van der Waals surface area contributed by atoms with Crippen molar-refractivity contribution in [1.29, 1.82) is 0 Å². The number of rotatable bonds is 5. The Morgan fingerprint density at radius 3 is 1.45 bits per heavy atom. The first-order valence-corrected chi connectivity index (χ1v) is 20.5. The number of hydrogen-bond donors (Lipinski definition) is 0. The van der Waals surface area contributed by atoms with Gasteiger partial charge in [-0.05, 0) is 103 Å². The molecule has 8 aromatic carbocycles. The molecule has 0 fully saturated rings. The van der Waals surface area contributed by atoms with Crippen LogP contribution in [-0.4, -0.2) is 0 Å². The summed E-state index contributed by atoms with van der Waals surface area (Å²) in [5.74, 6) is 0. The summed E-state index contributed by atoms with van der Waals surface area (Å²) in [7, 11) is 0. The van der Waals surface area contributed by atoms with Gasteiger partial charge in [-0.25, -0.2) is 0 Å². The number of fused-ring (bicyclic) bond motifs is 9. The molecule has 2 aliphatic rings. The first-order chi connectivity index (χ1) is 27.3. The number of benzene rings is 8. The molecule has 0 amide bonds. The van der Waals surface area contributed by atoms with Gasteiger partial charge in [0.1, 0.15) is 0 Å². The lowest BCUT2D eigenvalue weighted by Gasteiger charge is -2.38. The van der Waals surface area contributed by atoms with E-state index in [2.05, 4.69) is 209 Å². The van der Waals surface area contributed by atoms with Crippen LogP contribution in [0.5, 0.6) is 0 Å². The average Bonchev–Trinajstić information content (AvgIpc) is 3.81. The van der Waals surface area contributed by atoms with Crippen molar-refractivity contribution in [1.82, 2.24) is 0 Å². The predicted molar refractivity (Wildman–Crippen MR) is 240 cm³/mol. The normalized spacial score (nSPS) is 14.4. The summed E-state index contributed by atoms with van der Waals surface area (Å²) in [6.07, 6.45) is 0. The number of anilines is 3. The minimum atomic E-state index is -0.267. The molecule has 0 saturated carbocycles. The van der Waals surface area contributed by atoms with Gasteiger partial charge in [0.25, 0.3) is 0 Å². The summed E-state index contributed by atoms with van der Waals surface area (Å²) in [6, 6.07) is 65.4. The molecule has 1 heterocycles. The third-order valence-electron chi connectivity index (χ3n) is 12.6. The fourth-order valence-electron chi connectivity index (χ4n) is 10.1. The van der Waals surface area contributed by atoms with E-state index in [0.717, 1.165) is 11.4 Å². The molecule has 0 bridgehead atoms. The summed E-state index contributed by atoms with van der Waals surface area (Å²) >= 11 is 1.88. The molecule has 9 aromatic rings. The van der Waals surface area contributed by atoms with Crippen LogP contribution >= 0.6 is 11.3 Å². The Hall–Kier alpha value is -6.22. The zero-order valence-electron chi connectivity index (χ0n) is 32.1. The minimum absolute atomic E-state index is 0.267. The van der Waals surface area contributed by atoms with Crippen molar-refractivity contribution in [3.63, 3.8) is 0 Å². The van der Waals surface area contributed by atoms with Crippen LogP contribution < -0.4 is 4.90 Å². The highest BCUT2D eigenvalue weighted by atomic mass is 32.1. The first-order valence-electron chi connectivity index (χ1n) is 19.7. The van der Waals surface area contributed by atoms with E-state index in [1.165, 1.54) is 92.6 Å². The molecule has 0 saturated heterocycles. The van der Waals surface area contributed by atoms with Gasteiger partial charge in [-0.15, -0.1) is 11.3 Å². The van der Waals surface area contributed by atoms with E-state index in [4.69, 9.17) is 0 Å². The Morgan fingerprint density at radius 1 is 0.393 bits per heavy atom. The maximum Gasteiger partial charge on any atom is 0.0556 e. The fourth-order valence-corrected chi connectivity index (χ4v) is 11.2. The van der Waals surface area contributed by atoms with Gasteiger partial charge in [-0.3, -0.25) is 0 Å². The van der Waals surface area contributed by atoms with Crippen molar-refractivity contribution < 1.29 is 0 Å². The predicted octanol–water partition coefficient (Wildman–Crippen LogP) is 15.5. The Bertz CT molecular complexity index is 2880. The maximum absolute atomic E-state index is 2.55. The number of thiophene rings is 1. The third-order valence-corrected chi connectivity index (χ3v) is 13.7. The molecule has 0 radical (unpaired) electrons. The highest BCUT2D eigenvalue weighted by Gasteiger charge is 2.48. The van der Waals surface area contributed by atoms with Gasteiger partial charge < -0.3 is 4.90 Å². The van der Waals surface area contributed by atoms with Crippen molar-refractivity contribution in [2.75, 3.05) is 4.90 Å². The molecule has 0 aliphatic heterocycles. The number of hydrogen-bond acceptors (Lipinski definition) is 2. The molecule has 0 spiro atoms. The van der Waals surface area contributed by atoms with Gasteiger partial charge in [0, 0.05) is 42.4 Å². The second-order valence-electron chi connectivity index (χ2n) is 16.5. The lowest BCUT2D eigenvalue weighted by molar-refractivity contribution is 0.640. The standard InChI is InChI=1S/C54H41NS/c1-53(2)43-24-14-11-22-41(43)48-47(35-29-27-34(28-30-35)36-31-32-40-39-21-13-16-26-45(39)56-46(40)33-36)49-42-23-12-15-25-44(42)54(3,4)51(49)52(50(48)53)55(37-17-7-5-8-18-37)38-19-9-6-10-20-38/h5-33H,1-4H3. The molecule has 2 heteroatoms. The van der Waals surface area contributed by atoms with Gasteiger partial charge >= 0.3 is 0 Å². The highest BCUT2D eigenvalue weighted by molar-refractivity contribution is 7.25. The molecule has 2 aliphatic carbocycles. The number of nitrogens with zero attached hydrogens (tertiary/aromatic N) is 1. The van der Waals surface area contributed by atoms with E-state index in [-0.39, 0.29) is 10.8 Å². The zero-order chi connectivity index (χ0) is 37.8. The molecule has 1 aromatic heterocycles. The fraction of sp³-hybridized carbons (Fsp3) is 0.111. The van der Waals surface area contributed by atoms with Crippen LogP contribution in [-0.2, 0) is 10.8 Å². The van der Waals surface area contributed by atoms with Crippen molar-refractivity contribution in [2.24, 2.45) is 0 Å². The monoisotopic (exact) mass is 735 g/mol. The Morgan fingerprint density at radius 2 is 0.857 bits per heavy atom. The van der Waals surface area contributed by atoms with Gasteiger partial charge in [-0.2, -0.15) is 0 Å². The van der Waals surface area contributed by atoms with E-state index in [0.29, 0.717) is 0 Å². The van der Waals surface area contributed by atoms with E-state index >= 15 is 0 Å². The van der Waals surface area contributed by atoms with E-state index in [9.17, 15) is 0 Å². The van der Waals surface area contributed by atoms with E-state index < -0.39 is 0 Å². The van der Waals surface area contributed by atoms with Crippen LogP contribution in [0.15, 0.2) is 176 Å². The SMILES string of the molecule is CC1(C)c2ccccc2-c2c(-c3ccc(-c4ccc5c(c4)sc4ccccc45)cc3)c3c(c(N(c4ccccc4)c4ccccc4)c21)C(C)(C)c1ccccc1-3. The number of para-hydroxylation sites is 2. The molecular formula is C54H41NS. The van der Waals surface area contributed by atoms with Crippen molar-refractivity contribution >= 4 is 48.6 Å². The third kappa shape index (κ3) is 4.66. The van der Waals surface area contributed by atoms with Crippen LogP contribution in [0.2, 0.25) is 0 Å². The van der Waals surface area contributed by atoms with Crippen LogP contribution in [0.3, 0.4) is 0 Å². The van der Waals surface area contributed by atoms with Gasteiger partial charge in [0.2, 0.25) is 0 Å². The Kier molecular flexibility index (Phi) is 7.18. The second kappa shape index (κ2) is 12.1. The topological polar surface area (TPSA) is 3.24 Å². The van der Waals surface area contributed by atoms with Crippen LogP contribution in [0.4, 0.5) is 17.1 Å². The smallest absolute Gasteiger partial charge is 0.0556 e. The Balaban J connectivity index is 1.22. The quantitative estimate of drug-likeness (QED) is 0.170. The Labute approximate surface area is 333 Å². The molecule has 56 heavy (non-hydrogen) atoms. The van der Waals surface area contributed by atoms with Gasteiger partial charge in [0.05, 0.1) is 5.69 Å². The molecular weight excluding hydrogens is 695 g/mol. The molecule has 0 unspecified atom stereocenters. The summed E-state index contributed by atoms with van der Waals surface area (Å²) in [4.78, 5) is 2.55. The first kappa shape index (κ1) is 33.1. The van der Waals surface area contributed by atoms with Crippen molar-refractivity contribution in [3.05, 3.63) is 198 Å². The summed E-state index contributed by atoms with van der Waals surface area (Å²) < 4.78 is 2.67. The summed E-state index contributed by atoms with van der Waals surface area (Å²) in [6.45, 7) is 9.75. The van der Waals surface area contributed by atoms with E-state index in [1.807, 2.05) is 11.3 Å². The van der Waals surface area contributed by atoms with E-state index in [1.54, 1.807) is 0 Å². The van der Waals surface area contributed by atoms with Crippen LogP contribution in [0.25, 0.3) is 64.7 Å². The lowest BCUT2D eigenvalue weighted by atomic mass is 9.73. The van der Waals surface area contributed by atoms with Crippen LogP contribution in [0, 0.1) is 0 Å². The minimum Gasteiger partial charge on any atom is -0.310 e. The van der Waals surface area contributed by atoms with Crippen molar-refractivity contribution in [3.8, 4) is 44.5 Å². The largest absolute Gasteiger partial charge is 0.310 e. The highest BCUT2D eigenvalue weighted by Crippen LogP contribution is 2.66.